The van der Waals surface area contributed by atoms with Gasteiger partial charge in [0.05, 0.1) is 0 Å². The highest BCUT2D eigenvalue weighted by molar-refractivity contribution is 9.10. The first-order chi connectivity index (χ1) is 9.56. The number of hydrogen-bond donors (Lipinski definition) is 1. The molecule has 0 amide bonds. The lowest BCUT2D eigenvalue weighted by Gasteiger charge is -2.27. The van der Waals surface area contributed by atoms with E-state index in [4.69, 9.17) is 5.73 Å². The van der Waals surface area contributed by atoms with Crippen LogP contribution in [0.15, 0.2) is 47.2 Å². The molecule has 0 aliphatic carbocycles. The van der Waals surface area contributed by atoms with E-state index in [9.17, 15) is 0 Å². The van der Waals surface area contributed by atoms with Gasteiger partial charge in [0.1, 0.15) is 0 Å². The van der Waals surface area contributed by atoms with E-state index in [2.05, 4.69) is 51.8 Å². The van der Waals surface area contributed by atoms with Gasteiger partial charge in [-0.1, -0.05) is 18.2 Å². The fourth-order valence-electron chi connectivity index (χ4n) is 2.09. The summed E-state index contributed by atoms with van der Waals surface area (Å²) in [7, 11) is 0. The predicted molar refractivity (Wildman–Crippen MR) is 87.2 cm³/mol. The summed E-state index contributed by atoms with van der Waals surface area (Å²) >= 11 is 3.47. The van der Waals surface area contributed by atoms with E-state index in [1.165, 1.54) is 11.1 Å². The Morgan fingerprint density at radius 1 is 1.20 bits per heavy atom. The Hall–Kier alpha value is -1.39. The molecule has 0 radical (unpaired) electrons. The second kappa shape index (κ2) is 6.86. The Morgan fingerprint density at radius 2 is 1.95 bits per heavy atom. The number of benzene rings is 1. The Labute approximate surface area is 129 Å². The topological polar surface area (TPSA) is 42.2 Å². The molecule has 2 rings (SSSR count). The first kappa shape index (κ1) is 15.0. The number of nitrogens with two attached hydrogens (primary N) is 1. The zero-order valence-corrected chi connectivity index (χ0v) is 13.5. The molecule has 0 saturated heterocycles. The first-order valence-electron chi connectivity index (χ1n) is 6.73. The molecule has 0 saturated carbocycles. The van der Waals surface area contributed by atoms with E-state index < -0.39 is 0 Å². The van der Waals surface area contributed by atoms with Gasteiger partial charge in [-0.2, -0.15) is 0 Å². The number of hydrogen-bond acceptors (Lipinski definition) is 3. The lowest BCUT2D eigenvalue weighted by Crippen LogP contribution is -2.30. The summed E-state index contributed by atoms with van der Waals surface area (Å²) < 4.78 is 1.01. The molecule has 0 spiro atoms. The van der Waals surface area contributed by atoms with Crippen LogP contribution in [0.4, 0.5) is 5.69 Å². The van der Waals surface area contributed by atoms with E-state index in [1.807, 2.05) is 24.4 Å². The first-order valence-corrected chi connectivity index (χ1v) is 7.52. The maximum Gasteiger partial charge on any atom is 0.0410 e. The summed E-state index contributed by atoms with van der Waals surface area (Å²) in [5.74, 6) is 0. The minimum absolute atomic E-state index is 0.439. The van der Waals surface area contributed by atoms with Crippen molar-refractivity contribution in [2.45, 2.75) is 33.0 Å². The smallest absolute Gasteiger partial charge is 0.0410 e. The van der Waals surface area contributed by atoms with Crippen LogP contribution < -0.4 is 5.73 Å². The second-order valence-electron chi connectivity index (χ2n) is 5.21. The van der Waals surface area contributed by atoms with Crippen molar-refractivity contribution in [3.8, 4) is 0 Å². The third-order valence-electron chi connectivity index (χ3n) is 3.31. The van der Waals surface area contributed by atoms with Crippen molar-refractivity contribution in [1.82, 2.24) is 9.88 Å². The molecule has 0 fully saturated rings. The van der Waals surface area contributed by atoms with Crippen molar-refractivity contribution in [3.05, 3.63) is 58.3 Å². The Kier molecular flexibility index (Phi) is 5.15. The van der Waals surface area contributed by atoms with Crippen LogP contribution in [-0.4, -0.2) is 15.9 Å². The van der Waals surface area contributed by atoms with Gasteiger partial charge in [0.2, 0.25) is 0 Å². The largest absolute Gasteiger partial charge is 0.398 e. The Morgan fingerprint density at radius 3 is 2.60 bits per heavy atom. The van der Waals surface area contributed by atoms with Crippen molar-refractivity contribution in [1.29, 1.82) is 0 Å². The number of nitrogen functional groups attached to an aromatic ring is 1. The van der Waals surface area contributed by atoms with Gasteiger partial charge in [-0.25, -0.2) is 0 Å². The van der Waals surface area contributed by atoms with Gasteiger partial charge in [0.15, 0.2) is 0 Å². The molecule has 106 valence electrons. The molecule has 3 nitrogen and oxygen atoms in total. The van der Waals surface area contributed by atoms with Crippen molar-refractivity contribution < 1.29 is 0 Å². The number of pyridine rings is 1. The summed E-state index contributed by atoms with van der Waals surface area (Å²) in [5.41, 5.74) is 9.26. The van der Waals surface area contributed by atoms with Gasteiger partial charge in [0, 0.05) is 41.7 Å². The minimum Gasteiger partial charge on any atom is -0.398 e. The van der Waals surface area contributed by atoms with Crippen LogP contribution in [0, 0.1) is 0 Å². The Balaban J connectivity index is 2.14. The van der Waals surface area contributed by atoms with Gasteiger partial charge in [-0.15, -0.1) is 0 Å². The summed E-state index contributed by atoms with van der Waals surface area (Å²) in [6.45, 7) is 6.10. The van der Waals surface area contributed by atoms with Crippen LogP contribution in [0.5, 0.6) is 0 Å². The van der Waals surface area contributed by atoms with E-state index in [1.54, 1.807) is 6.20 Å². The van der Waals surface area contributed by atoms with E-state index >= 15 is 0 Å². The lowest BCUT2D eigenvalue weighted by molar-refractivity contribution is 0.204. The van der Waals surface area contributed by atoms with Crippen molar-refractivity contribution in [3.63, 3.8) is 0 Å². The molecule has 0 aliphatic heterocycles. The maximum atomic E-state index is 6.04. The van der Waals surface area contributed by atoms with Crippen LogP contribution in [-0.2, 0) is 13.1 Å². The minimum atomic E-state index is 0.439. The van der Waals surface area contributed by atoms with E-state index in [0.29, 0.717) is 6.04 Å². The number of aromatic nitrogens is 1. The molecule has 0 bridgehead atoms. The SMILES string of the molecule is CC(C)N(Cc1cncc(Br)c1)Cc1ccccc1N. The maximum absolute atomic E-state index is 6.04. The second-order valence-corrected chi connectivity index (χ2v) is 6.12. The van der Waals surface area contributed by atoms with Gasteiger partial charge >= 0.3 is 0 Å². The lowest BCUT2D eigenvalue weighted by atomic mass is 10.1. The molecule has 20 heavy (non-hydrogen) atoms. The molecule has 2 aromatic rings. The highest BCUT2D eigenvalue weighted by Crippen LogP contribution is 2.18. The molecule has 1 heterocycles. The summed E-state index contributed by atoms with van der Waals surface area (Å²) in [6.07, 6.45) is 3.72. The van der Waals surface area contributed by atoms with Crippen molar-refractivity contribution in [2.24, 2.45) is 0 Å². The van der Waals surface area contributed by atoms with Gasteiger partial charge in [-0.3, -0.25) is 9.88 Å². The molecular weight excluding hydrogens is 314 g/mol. The normalized spacial score (nSPS) is 11.2. The third-order valence-corrected chi connectivity index (χ3v) is 3.74. The number of rotatable bonds is 5. The third kappa shape index (κ3) is 4.05. The standard InChI is InChI=1S/C16H20BrN3/c1-12(2)20(10-13-7-15(17)9-19-8-13)11-14-5-3-4-6-16(14)18/h3-9,12H,10-11,18H2,1-2H3. The average Bonchev–Trinajstić information content (AvgIpc) is 2.40. The van der Waals surface area contributed by atoms with Crippen LogP contribution in [0.1, 0.15) is 25.0 Å². The Bertz CT molecular complexity index is 569. The predicted octanol–water partition coefficient (Wildman–Crippen LogP) is 3.84. The number of halogens is 1. The van der Waals surface area contributed by atoms with Crippen LogP contribution in [0.2, 0.25) is 0 Å². The van der Waals surface area contributed by atoms with E-state index in [-0.39, 0.29) is 0 Å². The fourth-order valence-corrected chi connectivity index (χ4v) is 2.51. The highest BCUT2D eigenvalue weighted by Gasteiger charge is 2.12. The van der Waals surface area contributed by atoms with Crippen molar-refractivity contribution in [2.75, 3.05) is 5.73 Å². The van der Waals surface area contributed by atoms with Gasteiger partial charge in [0.25, 0.3) is 0 Å². The molecule has 0 atom stereocenters. The molecular formula is C16H20BrN3. The van der Waals surface area contributed by atoms with Crippen LogP contribution in [0.25, 0.3) is 0 Å². The zero-order valence-electron chi connectivity index (χ0n) is 11.9. The molecule has 1 aromatic carbocycles. The zero-order chi connectivity index (χ0) is 14.5. The van der Waals surface area contributed by atoms with Gasteiger partial charge < -0.3 is 5.73 Å². The van der Waals surface area contributed by atoms with Crippen LogP contribution >= 0.6 is 15.9 Å². The molecule has 0 unspecified atom stereocenters. The molecule has 0 aliphatic rings. The molecule has 1 aromatic heterocycles. The number of para-hydroxylation sites is 1. The summed E-state index contributed by atoms with van der Waals surface area (Å²) in [6, 6.07) is 10.6. The molecule has 2 N–H and O–H groups in total. The average molecular weight is 334 g/mol. The number of anilines is 1. The molecule has 4 heteroatoms. The quantitative estimate of drug-likeness (QED) is 0.845. The number of nitrogens with zero attached hydrogens (tertiary/aromatic N) is 2. The monoisotopic (exact) mass is 333 g/mol. The highest BCUT2D eigenvalue weighted by atomic mass is 79.9. The van der Waals surface area contributed by atoms with Crippen LogP contribution in [0.3, 0.4) is 0 Å². The summed E-state index contributed by atoms with van der Waals surface area (Å²) in [4.78, 5) is 6.61. The summed E-state index contributed by atoms with van der Waals surface area (Å²) in [5, 5.41) is 0. The fraction of sp³-hybridized carbons (Fsp3) is 0.312. The van der Waals surface area contributed by atoms with Crippen molar-refractivity contribution >= 4 is 21.6 Å². The van der Waals surface area contributed by atoms with Gasteiger partial charge in [-0.05, 0) is 53.0 Å². The van der Waals surface area contributed by atoms with E-state index in [0.717, 1.165) is 23.2 Å².